The third kappa shape index (κ3) is 3.50. The van der Waals surface area contributed by atoms with Gasteiger partial charge < -0.3 is 14.5 Å². The summed E-state index contributed by atoms with van der Waals surface area (Å²) in [5, 5.41) is 18.7. The van der Waals surface area contributed by atoms with Crippen molar-refractivity contribution in [3.8, 4) is 28.3 Å². The van der Waals surface area contributed by atoms with E-state index in [2.05, 4.69) is 58.1 Å². The summed E-state index contributed by atoms with van der Waals surface area (Å²) in [6, 6.07) is 12.9. The van der Waals surface area contributed by atoms with Crippen molar-refractivity contribution in [1.82, 2.24) is 24.3 Å². The summed E-state index contributed by atoms with van der Waals surface area (Å²) in [7, 11) is 0. The van der Waals surface area contributed by atoms with E-state index < -0.39 is 11.7 Å². The Kier molecular flexibility index (Phi) is 4.93. The lowest BCUT2D eigenvalue weighted by Crippen LogP contribution is -2.73. The molecule has 3 aliphatic rings. The summed E-state index contributed by atoms with van der Waals surface area (Å²) < 4.78 is 22.1. The molecule has 6 heterocycles. The Morgan fingerprint density at radius 3 is 2.47 bits per heavy atom. The molecule has 4 aromatic rings. The monoisotopic (exact) mass is 509 g/mol. The second kappa shape index (κ2) is 8.26. The molecule has 0 N–H and O–H groups in total. The second-order valence-corrected chi connectivity index (χ2v) is 10.5. The first kappa shape index (κ1) is 22.7. The molecule has 0 radical (unpaired) electrons. The number of benzene rings is 1. The summed E-state index contributed by atoms with van der Waals surface area (Å²) in [5.74, 6) is -1.50. The number of amides is 1. The number of likely N-dealkylation sites (tertiary alicyclic amines) is 1. The van der Waals surface area contributed by atoms with Gasteiger partial charge in [-0.05, 0) is 23.8 Å². The zero-order valence-corrected chi connectivity index (χ0v) is 20.5. The quantitative estimate of drug-likeness (QED) is 0.383. The van der Waals surface area contributed by atoms with Gasteiger partial charge in [0.2, 0.25) is 0 Å². The Morgan fingerprint density at radius 2 is 1.82 bits per heavy atom. The molecule has 0 saturated carbocycles. The number of rotatable bonds is 5. The van der Waals surface area contributed by atoms with Gasteiger partial charge in [0, 0.05) is 66.4 Å². The number of fused-ring (bicyclic) bond motifs is 1. The van der Waals surface area contributed by atoms with E-state index in [-0.39, 0.29) is 11.5 Å². The number of aromatic nitrogens is 4. The van der Waals surface area contributed by atoms with E-state index in [1.54, 1.807) is 10.7 Å². The Labute approximate surface area is 217 Å². The van der Waals surface area contributed by atoms with E-state index in [9.17, 15) is 14.4 Å². The van der Waals surface area contributed by atoms with E-state index >= 15 is 0 Å². The molecule has 3 fully saturated rings. The van der Waals surface area contributed by atoms with E-state index in [1.165, 1.54) is 4.90 Å². The molecule has 3 aliphatic heterocycles. The Bertz CT molecular complexity index is 1630. The van der Waals surface area contributed by atoms with E-state index in [0.717, 1.165) is 46.5 Å². The highest BCUT2D eigenvalue weighted by Gasteiger charge is 2.53. The van der Waals surface area contributed by atoms with Crippen molar-refractivity contribution in [2.24, 2.45) is 5.41 Å². The number of carbonyl (C=O) groups is 1. The molecule has 38 heavy (non-hydrogen) atoms. The average molecular weight is 510 g/mol. The average Bonchev–Trinajstić information content (AvgIpc) is 3.48. The van der Waals surface area contributed by atoms with Crippen LogP contribution in [0.4, 0.5) is 10.1 Å². The van der Waals surface area contributed by atoms with Crippen molar-refractivity contribution < 1.29 is 13.9 Å². The topological polar surface area (TPSA) is 91.7 Å². The van der Waals surface area contributed by atoms with Gasteiger partial charge in [0.1, 0.15) is 6.07 Å². The third-order valence-electron chi connectivity index (χ3n) is 7.83. The largest absolute Gasteiger partial charge is 0.377 e. The molecule has 0 unspecified atom stereocenters. The van der Waals surface area contributed by atoms with Gasteiger partial charge in [-0.15, -0.1) is 0 Å². The van der Waals surface area contributed by atoms with Crippen LogP contribution in [0.1, 0.15) is 11.6 Å². The Morgan fingerprint density at radius 1 is 1.05 bits per heavy atom. The highest BCUT2D eigenvalue weighted by molar-refractivity contribution is 5.91. The number of nitriles is 1. The molecule has 7 rings (SSSR count). The van der Waals surface area contributed by atoms with Gasteiger partial charge in [0.25, 0.3) is 5.91 Å². The number of hydrogen-bond donors (Lipinski definition) is 0. The standard InChI is InChI=1S/C28H24FN7O2/c1-18(29)27(37)34-16-28(17-34)14-33(15-28)23-4-2-19(3-5-23)25-6-20(10-36-26(25)21(7-30)8-32-36)22-9-31-35(11-22)24-12-38-13-24/h2-6,8-11,24H,1,12-17H2. The Balaban J connectivity index is 1.15. The number of pyridine rings is 1. The van der Waals surface area contributed by atoms with Crippen LogP contribution in [0.5, 0.6) is 0 Å². The van der Waals surface area contributed by atoms with Crippen molar-refractivity contribution in [2.45, 2.75) is 6.04 Å². The predicted molar refractivity (Wildman–Crippen MR) is 138 cm³/mol. The highest BCUT2D eigenvalue weighted by atomic mass is 19.1. The van der Waals surface area contributed by atoms with Crippen LogP contribution in [0.25, 0.3) is 27.8 Å². The maximum atomic E-state index is 13.1. The van der Waals surface area contributed by atoms with Crippen LogP contribution in [0, 0.1) is 16.7 Å². The lowest BCUT2D eigenvalue weighted by molar-refractivity contribution is -0.142. The van der Waals surface area contributed by atoms with Crippen molar-refractivity contribution in [3.63, 3.8) is 0 Å². The fraction of sp³-hybridized carbons (Fsp3) is 0.286. The maximum absolute atomic E-state index is 13.1. The summed E-state index contributed by atoms with van der Waals surface area (Å²) >= 11 is 0. The minimum Gasteiger partial charge on any atom is -0.377 e. The summed E-state index contributed by atoms with van der Waals surface area (Å²) in [4.78, 5) is 15.5. The van der Waals surface area contributed by atoms with Gasteiger partial charge in [-0.3, -0.25) is 9.48 Å². The first-order chi connectivity index (χ1) is 18.4. The van der Waals surface area contributed by atoms with Gasteiger partial charge in [-0.1, -0.05) is 18.7 Å². The van der Waals surface area contributed by atoms with Gasteiger partial charge >= 0.3 is 0 Å². The summed E-state index contributed by atoms with van der Waals surface area (Å²) in [6.45, 7) is 7.23. The van der Waals surface area contributed by atoms with E-state index in [4.69, 9.17) is 4.74 Å². The molecule has 3 saturated heterocycles. The molecule has 190 valence electrons. The van der Waals surface area contributed by atoms with Crippen molar-refractivity contribution in [1.29, 1.82) is 5.26 Å². The molecule has 0 bridgehead atoms. The predicted octanol–water partition coefficient (Wildman–Crippen LogP) is 3.44. The zero-order chi connectivity index (χ0) is 26.0. The molecule has 3 aromatic heterocycles. The molecule has 0 aliphatic carbocycles. The number of nitrogens with zero attached hydrogens (tertiary/aromatic N) is 7. The van der Waals surface area contributed by atoms with Gasteiger partial charge in [-0.25, -0.2) is 8.91 Å². The fourth-order valence-electron chi connectivity index (χ4n) is 5.72. The van der Waals surface area contributed by atoms with Crippen LogP contribution in [0.2, 0.25) is 0 Å². The maximum Gasteiger partial charge on any atom is 0.282 e. The SMILES string of the molecule is C=C(F)C(=O)N1CC2(C1)CN(c1ccc(-c3cc(-c4cnn(C5COC5)c4)cn4ncc(C#N)c34)cc1)C2. The minimum absolute atomic E-state index is 0.0413. The van der Waals surface area contributed by atoms with Crippen molar-refractivity contribution in [3.05, 3.63) is 73.1 Å². The lowest BCUT2D eigenvalue weighted by atomic mass is 9.72. The molecule has 1 spiro atoms. The van der Waals surface area contributed by atoms with Crippen LogP contribution in [0.3, 0.4) is 0 Å². The number of carbonyl (C=O) groups excluding carboxylic acids is 1. The molecular weight excluding hydrogens is 485 g/mol. The Hall–Kier alpha value is -4.49. The van der Waals surface area contributed by atoms with Gasteiger partial charge in [0.05, 0.1) is 42.7 Å². The van der Waals surface area contributed by atoms with Gasteiger partial charge in [0.15, 0.2) is 5.83 Å². The highest BCUT2D eigenvalue weighted by Crippen LogP contribution is 2.43. The first-order valence-corrected chi connectivity index (χ1v) is 12.5. The van der Waals surface area contributed by atoms with Crippen LogP contribution >= 0.6 is 0 Å². The zero-order valence-electron chi connectivity index (χ0n) is 20.5. The minimum atomic E-state index is -0.899. The smallest absolute Gasteiger partial charge is 0.282 e. The summed E-state index contributed by atoms with van der Waals surface area (Å²) in [6.07, 6.45) is 7.39. The molecule has 0 atom stereocenters. The first-order valence-electron chi connectivity index (χ1n) is 12.5. The lowest BCUT2D eigenvalue weighted by Gasteiger charge is -2.60. The molecule has 1 aromatic carbocycles. The van der Waals surface area contributed by atoms with E-state index in [1.807, 2.05) is 23.3 Å². The van der Waals surface area contributed by atoms with Crippen LogP contribution < -0.4 is 4.90 Å². The van der Waals surface area contributed by atoms with Crippen molar-refractivity contribution in [2.75, 3.05) is 44.3 Å². The fourth-order valence-corrected chi connectivity index (χ4v) is 5.72. The normalized spacial score (nSPS) is 18.1. The molecule has 10 heteroatoms. The van der Waals surface area contributed by atoms with Crippen LogP contribution in [-0.2, 0) is 9.53 Å². The van der Waals surface area contributed by atoms with Gasteiger partial charge in [-0.2, -0.15) is 15.5 Å². The molecule has 1 amide bonds. The van der Waals surface area contributed by atoms with Crippen LogP contribution in [0.15, 0.2) is 67.5 Å². The number of anilines is 1. The van der Waals surface area contributed by atoms with E-state index in [0.29, 0.717) is 31.9 Å². The number of halogens is 1. The third-order valence-corrected chi connectivity index (χ3v) is 7.83. The summed E-state index contributed by atoms with van der Waals surface area (Å²) in [5.41, 5.74) is 6.24. The molecular formula is C28H24FN7O2. The molecule has 9 nitrogen and oxygen atoms in total. The van der Waals surface area contributed by atoms with Crippen molar-refractivity contribution >= 4 is 17.1 Å². The number of hydrogen-bond acceptors (Lipinski definition) is 6. The number of ether oxygens (including phenoxy) is 1. The second-order valence-electron chi connectivity index (χ2n) is 10.5. The van der Waals surface area contributed by atoms with Crippen LogP contribution in [-0.4, -0.2) is 69.6 Å².